The minimum absolute atomic E-state index is 0.336. The molecule has 0 aliphatic rings. The number of nitrogens with one attached hydrogen (secondary N) is 1. The van der Waals surface area contributed by atoms with E-state index in [1.807, 2.05) is 36.4 Å². The molecule has 1 N–H and O–H groups in total. The van der Waals surface area contributed by atoms with Gasteiger partial charge in [-0.1, -0.05) is 28.1 Å². The van der Waals surface area contributed by atoms with Crippen molar-refractivity contribution >= 4 is 15.9 Å². The molecule has 17 heavy (non-hydrogen) atoms. The number of benzene rings is 1. The van der Waals surface area contributed by atoms with E-state index < -0.39 is 0 Å². The molecule has 0 saturated heterocycles. The average Bonchev–Trinajstić information content (AvgIpc) is 2.83. The quantitative estimate of drug-likeness (QED) is 0.939. The highest BCUT2D eigenvalue weighted by atomic mass is 79.9. The van der Waals surface area contributed by atoms with E-state index >= 15 is 0 Å². The summed E-state index contributed by atoms with van der Waals surface area (Å²) >= 11 is 3.39. The van der Waals surface area contributed by atoms with E-state index in [0.29, 0.717) is 6.54 Å². The van der Waals surface area contributed by atoms with Gasteiger partial charge in [-0.15, -0.1) is 0 Å². The lowest BCUT2D eigenvalue weighted by atomic mass is 10.1. The van der Waals surface area contributed by atoms with Gasteiger partial charge in [-0.3, -0.25) is 5.32 Å². The number of nitriles is 1. The zero-order valence-corrected chi connectivity index (χ0v) is 10.6. The third-order valence-electron chi connectivity index (χ3n) is 2.37. The van der Waals surface area contributed by atoms with Crippen LogP contribution in [-0.4, -0.2) is 0 Å². The van der Waals surface area contributed by atoms with Crippen LogP contribution >= 0.6 is 15.9 Å². The van der Waals surface area contributed by atoms with Crippen LogP contribution in [0, 0.1) is 11.3 Å². The van der Waals surface area contributed by atoms with Gasteiger partial charge in [0, 0.05) is 4.47 Å². The Balaban J connectivity index is 2.05. The number of furan rings is 1. The SMILES string of the molecule is N#CC(NCc1ccco1)c1cccc(Br)c1. The van der Waals surface area contributed by atoms with E-state index in [9.17, 15) is 0 Å². The molecule has 0 aliphatic carbocycles. The molecule has 1 aromatic carbocycles. The van der Waals surface area contributed by atoms with Crippen molar-refractivity contribution in [3.63, 3.8) is 0 Å². The second-order valence-electron chi connectivity index (χ2n) is 3.58. The van der Waals surface area contributed by atoms with Crippen molar-refractivity contribution in [2.24, 2.45) is 0 Å². The van der Waals surface area contributed by atoms with Crippen LogP contribution in [0.5, 0.6) is 0 Å². The van der Waals surface area contributed by atoms with Gasteiger partial charge < -0.3 is 4.42 Å². The molecule has 2 aromatic rings. The Morgan fingerprint density at radius 3 is 2.88 bits per heavy atom. The first-order valence-corrected chi connectivity index (χ1v) is 6.00. The van der Waals surface area contributed by atoms with Crippen molar-refractivity contribution < 1.29 is 4.42 Å². The van der Waals surface area contributed by atoms with Gasteiger partial charge in [0.25, 0.3) is 0 Å². The molecule has 0 aliphatic heterocycles. The van der Waals surface area contributed by atoms with Crippen LogP contribution in [0.2, 0.25) is 0 Å². The molecule has 1 atom stereocenters. The molecule has 0 spiro atoms. The highest BCUT2D eigenvalue weighted by molar-refractivity contribution is 9.10. The minimum Gasteiger partial charge on any atom is -0.468 e. The molecule has 1 unspecified atom stereocenters. The number of hydrogen-bond donors (Lipinski definition) is 1. The first-order chi connectivity index (χ1) is 8.29. The van der Waals surface area contributed by atoms with Crippen molar-refractivity contribution in [1.29, 1.82) is 5.26 Å². The lowest BCUT2D eigenvalue weighted by Crippen LogP contribution is -2.19. The Labute approximate surface area is 108 Å². The molecule has 0 fully saturated rings. The fraction of sp³-hybridized carbons (Fsp3) is 0.154. The van der Waals surface area contributed by atoms with Crippen LogP contribution in [0.1, 0.15) is 17.4 Å². The minimum atomic E-state index is -0.336. The molecule has 2 rings (SSSR count). The van der Waals surface area contributed by atoms with Crippen LogP contribution in [0.25, 0.3) is 0 Å². The number of rotatable bonds is 4. The Morgan fingerprint density at radius 1 is 1.35 bits per heavy atom. The predicted molar refractivity (Wildman–Crippen MR) is 68.0 cm³/mol. The van der Waals surface area contributed by atoms with Gasteiger partial charge in [-0.05, 0) is 29.8 Å². The van der Waals surface area contributed by atoms with Gasteiger partial charge in [-0.25, -0.2) is 0 Å². The maximum absolute atomic E-state index is 9.14. The van der Waals surface area contributed by atoms with Crippen molar-refractivity contribution in [1.82, 2.24) is 5.32 Å². The summed E-state index contributed by atoms with van der Waals surface area (Å²) in [5, 5.41) is 12.3. The number of nitrogens with zero attached hydrogens (tertiary/aromatic N) is 1. The van der Waals surface area contributed by atoms with E-state index in [2.05, 4.69) is 27.3 Å². The summed E-state index contributed by atoms with van der Waals surface area (Å²) in [6.45, 7) is 0.539. The van der Waals surface area contributed by atoms with Crippen molar-refractivity contribution in [2.45, 2.75) is 12.6 Å². The number of halogens is 1. The summed E-state index contributed by atoms with van der Waals surface area (Å²) < 4.78 is 6.17. The zero-order valence-electron chi connectivity index (χ0n) is 9.06. The standard InChI is InChI=1S/C13H11BrN2O/c14-11-4-1-3-10(7-11)13(8-15)16-9-12-5-2-6-17-12/h1-7,13,16H,9H2. The lowest BCUT2D eigenvalue weighted by Gasteiger charge is -2.10. The highest BCUT2D eigenvalue weighted by Crippen LogP contribution is 2.18. The average molecular weight is 291 g/mol. The Hall–Kier alpha value is -1.57. The van der Waals surface area contributed by atoms with Crippen LogP contribution in [0.4, 0.5) is 0 Å². The van der Waals surface area contributed by atoms with Gasteiger partial charge in [-0.2, -0.15) is 5.26 Å². The molecule has 86 valence electrons. The Morgan fingerprint density at radius 2 is 2.24 bits per heavy atom. The largest absolute Gasteiger partial charge is 0.468 e. The highest BCUT2D eigenvalue weighted by Gasteiger charge is 2.10. The molecular weight excluding hydrogens is 280 g/mol. The summed E-state index contributed by atoms with van der Waals surface area (Å²) in [5.74, 6) is 0.820. The summed E-state index contributed by atoms with van der Waals surface area (Å²) in [4.78, 5) is 0. The molecule has 1 heterocycles. The third-order valence-corrected chi connectivity index (χ3v) is 2.86. The fourth-order valence-electron chi connectivity index (χ4n) is 1.54. The smallest absolute Gasteiger partial charge is 0.121 e. The first kappa shape index (κ1) is 11.9. The fourth-order valence-corrected chi connectivity index (χ4v) is 1.96. The summed E-state index contributed by atoms with van der Waals surface area (Å²) in [5.41, 5.74) is 0.938. The van der Waals surface area contributed by atoms with Crippen LogP contribution in [-0.2, 0) is 6.54 Å². The molecule has 0 amide bonds. The lowest BCUT2D eigenvalue weighted by molar-refractivity contribution is 0.473. The van der Waals surface area contributed by atoms with Gasteiger partial charge in [0.05, 0.1) is 18.9 Å². The third kappa shape index (κ3) is 3.19. The van der Waals surface area contributed by atoms with Crippen LogP contribution in [0.3, 0.4) is 0 Å². The molecule has 1 aromatic heterocycles. The van der Waals surface area contributed by atoms with Crippen molar-refractivity contribution in [3.05, 3.63) is 58.5 Å². The Bertz CT molecular complexity index is 516. The topological polar surface area (TPSA) is 49.0 Å². The van der Waals surface area contributed by atoms with Gasteiger partial charge in [0.2, 0.25) is 0 Å². The van der Waals surface area contributed by atoms with E-state index in [4.69, 9.17) is 9.68 Å². The van der Waals surface area contributed by atoms with Crippen molar-refractivity contribution in [2.75, 3.05) is 0 Å². The van der Waals surface area contributed by atoms with Crippen molar-refractivity contribution in [3.8, 4) is 6.07 Å². The predicted octanol–water partition coefficient (Wildman–Crippen LogP) is 3.40. The van der Waals surface area contributed by atoms with Crippen LogP contribution in [0.15, 0.2) is 51.6 Å². The zero-order chi connectivity index (χ0) is 12.1. The van der Waals surface area contributed by atoms with E-state index in [-0.39, 0.29) is 6.04 Å². The van der Waals surface area contributed by atoms with E-state index in [1.54, 1.807) is 6.26 Å². The van der Waals surface area contributed by atoms with Gasteiger partial charge >= 0.3 is 0 Å². The second kappa shape index (κ2) is 5.67. The molecule has 0 radical (unpaired) electrons. The normalized spacial score (nSPS) is 12.0. The molecule has 0 saturated carbocycles. The molecule has 3 nitrogen and oxygen atoms in total. The maximum Gasteiger partial charge on any atom is 0.121 e. The summed E-state index contributed by atoms with van der Waals surface area (Å²) in [6, 6.07) is 13.3. The van der Waals surface area contributed by atoms with Gasteiger partial charge in [0.15, 0.2) is 0 Å². The maximum atomic E-state index is 9.14. The van der Waals surface area contributed by atoms with Gasteiger partial charge in [0.1, 0.15) is 11.8 Å². The van der Waals surface area contributed by atoms with Crippen LogP contribution < -0.4 is 5.32 Å². The monoisotopic (exact) mass is 290 g/mol. The number of hydrogen-bond acceptors (Lipinski definition) is 3. The first-order valence-electron chi connectivity index (χ1n) is 5.20. The van der Waals surface area contributed by atoms with E-state index in [1.165, 1.54) is 0 Å². The second-order valence-corrected chi connectivity index (χ2v) is 4.49. The van der Waals surface area contributed by atoms with E-state index in [0.717, 1.165) is 15.8 Å². The Kier molecular flexibility index (Phi) is 3.97. The molecule has 0 bridgehead atoms. The molecule has 4 heteroatoms. The summed E-state index contributed by atoms with van der Waals surface area (Å²) in [6.07, 6.45) is 1.62. The molecular formula is C13H11BrN2O. The summed E-state index contributed by atoms with van der Waals surface area (Å²) in [7, 11) is 0.